The lowest BCUT2D eigenvalue weighted by Gasteiger charge is -2.13. The molecule has 1 fully saturated rings. The number of amides is 1. The number of ether oxygens (including phenoxy) is 1. The first-order chi connectivity index (χ1) is 12.4. The standard InChI is InChI=1S/C16H12N2O6S2/c1-23-12-6-9(5-11(14(12)19)18(21)22)7-13-15(20)17(16(25)26-13)8-10-3-2-4-24-10/h2-7,19H,8H2,1H3/p-1/b13-7-. The van der Waals surface area contributed by atoms with Gasteiger partial charge in [-0.1, -0.05) is 24.0 Å². The van der Waals surface area contributed by atoms with E-state index in [4.69, 9.17) is 21.4 Å². The van der Waals surface area contributed by atoms with E-state index >= 15 is 0 Å². The van der Waals surface area contributed by atoms with Crippen LogP contribution in [0.5, 0.6) is 11.5 Å². The van der Waals surface area contributed by atoms with Crippen LogP contribution >= 0.6 is 24.0 Å². The molecule has 1 amide bonds. The maximum Gasteiger partial charge on any atom is 0.266 e. The number of nitro groups is 1. The molecule has 0 unspecified atom stereocenters. The molecule has 1 aliphatic rings. The molecule has 2 aromatic rings. The maximum absolute atomic E-state index is 12.6. The number of carbonyl (C=O) groups is 1. The van der Waals surface area contributed by atoms with E-state index in [1.165, 1.54) is 30.4 Å². The average Bonchev–Trinajstić information content (AvgIpc) is 3.20. The summed E-state index contributed by atoms with van der Waals surface area (Å²) < 4.78 is 10.5. The lowest BCUT2D eigenvalue weighted by Crippen LogP contribution is -2.27. The van der Waals surface area contributed by atoms with Gasteiger partial charge in [0, 0.05) is 11.8 Å². The Kier molecular flexibility index (Phi) is 4.96. The van der Waals surface area contributed by atoms with E-state index in [1.807, 2.05) is 0 Å². The highest BCUT2D eigenvalue weighted by molar-refractivity contribution is 8.26. The fourth-order valence-corrected chi connectivity index (χ4v) is 3.58. The highest BCUT2D eigenvalue weighted by Crippen LogP contribution is 2.38. The Morgan fingerprint density at radius 3 is 2.85 bits per heavy atom. The van der Waals surface area contributed by atoms with Crippen LogP contribution in [0.1, 0.15) is 11.3 Å². The molecule has 0 aliphatic carbocycles. The Bertz CT molecular complexity index is 923. The summed E-state index contributed by atoms with van der Waals surface area (Å²) in [5.74, 6) is -0.753. The van der Waals surface area contributed by atoms with Crippen molar-refractivity contribution in [3.8, 4) is 11.5 Å². The van der Waals surface area contributed by atoms with E-state index in [2.05, 4.69) is 0 Å². The van der Waals surface area contributed by atoms with Gasteiger partial charge in [0.15, 0.2) is 0 Å². The van der Waals surface area contributed by atoms with Crippen molar-refractivity contribution in [2.75, 3.05) is 7.11 Å². The highest BCUT2D eigenvalue weighted by Gasteiger charge is 2.32. The number of benzene rings is 1. The molecule has 0 atom stereocenters. The fraction of sp³-hybridized carbons (Fsp3) is 0.125. The molecule has 1 aliphatic heterocycles. The van der Waals surface area contributed by atoms with Crippen molar-refractivity contribution in [1.82, 2.24) is 4.90 Å². The molecule has 0 spiro atoms. The molecule has 1 saturated heterocycles. The minimum Gasteiger partial charge on any atom is -0.865 e. The molecule has 1 aromatic heterocycles. The molecule has 10 heteroatoms. The van der Waals surface area contributed by atoms with Crippen LogP contribution in [0.3, 0.4) is 0 Å². The molecule has 26 heavy (non-hydrogen) atoms. The largest absolute Gasteiger partial charge is 0.865 e. The minimum atomic E-state index is -0.819. The SMILES string of the molecule is COc1cc(/C=C2\SC(=S)N(Cc3ccco3)C2=O)cc([N+](=O)[O-])c1[O-]. The molecule has 134 valence electrons. The zero-order valence-corrected chi connectivity index (χ0v) is 15.0. The van der Waals surface area contributed by atoms with Crippen molar-refractivity contribution in [3.05, 3.63) is 56.9 Å². The first kappa shape index (κ1) is 18.0. The van der Waals surface area contributed by atoms with Gasteiger partial charge in [0.05, 0.1) is 29.7 Å². The van der Waals surface area contributed by atoms with Crippen LogP contribution in [0.15, 0.2) is 39.9 Å². The predicted octanol–water partition coefficient (Wildman–Crippen LogP) is 2.67. The molecule has 3 rings (SSSR count). The summed E-state index contributed by atoms with van der Waals surface area (Å²) in [6, 6.07) is 5.88. The van der Waals surface area contributed by atoms with Gasteiger partial charge in [0.2, 0.25) is 0 Å². The van der Waals surface area contributed by atoms with Crippen LogP contribution in [0.4, 0.5) is 5.69 Å². The zero-order valence-electron chi connectivity index (χ0n) is 13.3. The third kappa shape index (κ3) is 3.41. The third-order valence-corrected chi connectivity index (χ3v) is 4.92. The van der Waals surface area contributed by atoms with Crippen LogP contribution in [0.2, 0.25) is 0 Å². The number of thioether (sulfide) groups is 1. The normalized spacial score (nSPS) is 15.7. The van der Waals surface area contributed by atoms with Gasteiger partial charge < -0.3 is 14.3 Å². The Morgan fingerprint density at radius 2 is 2.23 bits per heavy atom. The van der Waals surface area contributed by atoms with Crippen LogP contribution in [0.25, 0.3) is 6.08 Å². The summed E-state index contributed by atoms with van der Waals surface area (Å²) in [5, 5.41) is 22.9. The number of hydrogen-bond acceptors (Lipinski definition) is 8. The zero-order chi connectivity index (χ0) is 18.8. The number of thiocarbonyl (C=S) groups is 1. The molecule has 0 bridgehead atoms. The van der Waals surface area contributed by atoms with Gasteiger partial charge in [0.1, 0.15) is 15.8 Å². The Labute approximate surface area is 157 Å². The van der Waals surface area contributed by atoms with Crippen molar-refractivity contribution in [2.24, 2.45) is 0 Å². The van der Waals surface area contributed by atoms with Crippen LogP contribution in [-0.4, -0.2) is 27.2 Å². The van der Waals surface area contributed by atoms with E-state index in [9.17, 15) is 20.0 Å². The van der Waals surface area contributed by atoms with Gasteiger partial charge in [-0.2, -0.15) is 0 Å². The third-order valence-electron chi connectivity index (χ3n) is 3.54. The molecule has 0 N–H and O–H groups in total. The summed E-state index contributed by atoms with van der Waals surface area (Å²) in [6.45, 7) is 0.192. The first-order valence-corrected chi connectivity index (χ1v) is 8.44. The number of rotatable bonds is 5. The summed E-state index contributed by atoms with van der Waals surface area (Å²) in [5.41, 5.74) is -0.326. The Hall–Kier alpha value is -2.85. The smallest absolute Gasteiger partial charge is 0.266 e. The summed E-state index contributed by atoms with van der Waals surface area (Å²) in [4.78, 5) is 24.5. The van der Waals surface area contributed by atoms with Crippen molar-refractivity contribution >= 4 is 46.0 Å². The molecular formula is C16H11N2O6S2-. The van der Waals surface area contributed by atoms with Gasteiger partial charge in [-0.05, 0) is 29.8 Å². The Morgan fingerprint density at radius 1 is 1.46 bits per heavy atom. The van der Waals surface area contributed by atoms with Gasteiger partial charge in [-0.25, -0.2) is 0 Å². The van der Waals surface area contributed by atoms with Crippen molar-refractivity contribution in [3.63, 3.8) is 0 Å². The number of furan rings is 1. The monoisotopic (exact) mass is 391 g/mol. The quantitative estimate of drug-likeness (QED) is 0.331. The fourth-order valence-electron chi connectivity index (χ4n) is 2.32. The molecular weight excluding hydrogens is 380 g/mol. The van der Waals surface area contributed by atoms with Gasteiger partial charge in [-0.15, -0.1) is 0 Å². The number of hydrogen-bond donors (Lipinski definition) is 0. The van der Waals surface area contributed by atoms with Crippen LogP contribution in [-0.2, 0) is 11.3 Å². The second-order valence-electron chi connectivity index (χ2n) is 5.18. The molecule has 2 heterocycles. The van der Waals surface area contributed by atoms with E-state index in [0.717, 1.165) is 17.8 Å². The van der Waals surface area contributed by atoms with E-state index in [1.54, 1.807) is 12.1 Å². The number of carbonyl (C=O) groups excluding carboxylic acids is 1. The van der Waals surface area contributed by atoms with E-state index in [-0.39, 0.29) is 23.1 Å². The van der Waals surface area contributed by atoms with Crippen LogP contribution in [0, 0.1) is 10.1 Å². The van der Waals surface area contributed by atoms with Gasteiger partial charge in [0.25, 0.3) is 11.6 Å². The lowest BCUT2D eigenvalue weighted by molar-refractivity contribution is -0.398. The maximum atomic E-state index is 12.6. The van der Waals surface area contributed by atoms with Gasteiger partial charge >= 0.3 is 0 Å². The second-order valence-corrected chi connectivity index (χ2v) is 6.85. The molecule has 0 saturated carbocycles. The van der Waals surface area contributed by atoms with Crippen LogP contribution < -0.4 is 9.84 Å². The number of nitro benzene ring substituents is 1. The van der Waals surface area contributed by atoms with E-state index in [0.29, 0.717) is 15.6 Å². The van der Waals surface area contributed by atoms with Crippen molar-refractivity contribution < 1.29 is 24.0 Å². The number of methoxy groups -OCH3 is 1. The minimum absolute atomic E-state index is 0.170. The summed E-state index contributed by atoms with van der Waals surface area (Å²) in [6.07, 6.45) is 2.94. The average molecular weight is 391 g/mol. The van der Waals surface area contributed by atoms with Crippen molar-refractivity contribution in [2.45, 2.75) is 6.54 Å². The Balaban J connectivity index is 1.93. The molecule has 1 aromatic carbocycles. The molecule has 0 radical (unpaired) electrons. The topological polar surface area (TPSA) is 109 Å². The summed E-state index contributed by atoms with van der Waals surface area (Å²) >= 11 is 6.29. The predicted molar refractivity (Wildman–Crippen MR) is 96.5 cm³/mol. The summed E-state index contributed by atoms with van der Waals surface area (Å²) in [7, 11) is 1.24. The van der Waals surface area contributed by atoms with Crippen molar-refractivity contribution in [1.29, 1.82) is 0 Å². The lowest BCUT2D eigenvalue weighted by atomic mass is 10.1. The van der Waals surface area contributed by atoms with E-state index < -0.39 is 16.4 Å². The second kappa shape index (κ2) is 7.18. The number of nitrogens with zero attached hydrogens (tertiary/aromatic N) is 2. The highest BCUT2D eigenvalue weighted by atomic mass is 32.2. The van der Waals surface area contributed by atoms with Gasteiger partial charge in [-0.3, -0.25) is 19.8 Å². The molecule has 8 nitrogen and oxygen atoms in total. The first-order valence-electron chi connectivity index (χ1n) is 7.22.